The zero-order valence-corrected chi connectivity index (χ0v) is 12.7. The molecular formula is C16H21N3O2. The van der Waals surface area contributed by atoms with Gasteiger partial charge in [-0.1, -0.05) is 12.1 Å². The summed E-state index contributed by atoms with van der Waals surface area (Å²) in [5.41, 5.74) is 1.22. The molecule has 1 aromatic carbocycles. The van der Waals surface area contributed by atoms with Crippen LogP contribution in [-0.2, 0) is 6.42 Å². The van der Waals surface area contributed by atoms with Gasteiger partial charge in [0.1, 0.15) is 17.9 Å². The van der Waals surface area contributed by atoms with Crippen LogP contribution in [-0.4, -0.2) is 29.7 Å². The van der Waals surface area contributed by atoms with E-state index in [1.165, 1.54) is 11.9 Å². The van der Waals surface area contributed by atoms with E-state index in [1.54, 1.807) is 7.11 Å². The molecule has 0 radical (unpaired) electrons. The predicted octanol–water partition coefficient (Wildman–Crippen LogP) is 2.93. The average Bonchev–Trinajstić information content (AvgIpc) is 2.47. The van der Waals surface area contributed by atoms with Crippen molar-refractivity contribution in [1.29, 1.82) is 0 Å². The minimum atomic E-state index is 0.101. The van der Waals surface area contributed by atoms with E-state index in [4.69, 9.17) is 9.47 Å². The Morgan fingerprint density at radius 1 is 1.19 bits per heavy atom. The van der Waals surface area contributed by atoms with Gasteiger partial charge < -0.3 is 14.8 Å². The molecule has 1 heterocycles. The van der Waals surface area contributed by atoms with Gasteiger partial charge in [0, 0.05) is 12.6 Å². The van der Waals surface area contributed by atoms with E-state index in [2.05, 4.69) is 21.4 Å². The smallest absolute Gasteiger partial charge is 0.218 e. The van der Waals surface area contributed by atoms with E-state index in [9.17, 15) is 0 Å². The third kappa shape index (κ3) is 4.95. The fourth-order valence-corrected chi connectivity index (χ4v) is 1.90. The Kier molecular flexibility index (Phi) is 5.37. The van der Waals surface area contributed by atoms with Crippen LogP contribution in [0.5, 0.6) is 11.6 Å². The van der Waals surface area contributed by atoms with Gasteiger partial charge >= 0.3 is 0 Å². The number of hydrogen-bond acceptors (Lipinski definition) is 5. The zero-order chi connectivity index (χ0) is 15.1. The Bertz CT molecular complexity index is 573. The lowest BCUT2D eigenvalue weighted by Gasteiger charge is -2.10. The molecular weight excluding hydrogens is 266 g/mol. The number of nitrogens with zero attached hydrogens (tertiary/aromatic N) is 2. The molecule has 5 nitrogen and oxygen atoms in total. The van der Waals surface area contributed by atoms with E-state index < -0.39 is 0 Å². The van der Waals surface area contributed by atoms with Gasteiger partial charge in [0.25, 0.3) is 0 Å². The van der Waals surface area contributed by atoms with Gasteiger partial charge in [-0.15, -0.1) is 0 Å². The molecule has 0 saturated heterocycles. The maximum absolute atomic E-state index is 5.54. The van der Waals surface area contributed by atoms with Crippen molar-refractivity contribution in [3.8, 4) is 11.6 Å². The number of rotatable bonds is 7. The molecule has 1 aromatic heterocycles. The highest BCUT2D eigenvalue weighted by Gasteiger charge is 2.02. The molecule has 5 heteroatoms. The van der Waals surface area contributed by atoms with Gasteiger partial charge in [-0.3, -0.25) is 0 Å². The number of aromatic nitrogens is 2. The highest BCUT2D eigenvalue weighted by molar-refractivity contribution is 5.37. The second kappa shape index (κ2) is 7.47. The van der Waals surface area contributed by atoms with E-state index in [0.29, 0.717) is 5.88 Å². The number of ether oxygens (including phenoxy) is 2. The van der Waals surface area contributed by atoms with E-state index in [1.807, 2.05) is 38.1 Å². The summed E-state index contributed by atoms with van der Waals surface area (Å²) in [4.78, 5) is 8.26. The molecule has 2 rings (SSSR count). The largest absolute Gasteiger partial charge is 0.497 e. The molecule has 0 bridgehead atoms. The van der Waals surface area contributed by atoms with Crippen LogP contribution >= 0.6 is 0 Å². The lowest BCUT2D eigenvalue weighted by Crippen LogP contribution is -2.09. The van der Waals surface area contributed by atoms with E-state index in [0.717, 1.165) is 24.5 Å². The average molecular weight is 287 g/mol. The summed E-state index contributed by atoms with van der Waals surface area (Å²) in [5.74, 6) is 2.23. The first kappa shape index (κ1) is 15.1. The van der Waals surface area contributed by atoms with Crippen LogP contribution in [0.1, 0.15) is 19.4 Å². The fraction of sp³-hybridized carbons (Fsp3) is 0.375. The van der Waals surface area contributed by atoms with Crippen LogP contribution in [0.3, 0.4) is 0 Å². The van der Waals surface area contributed by atoms with Crippen LogP contribution in [0.2, 0.25) is 0 Å². The highest BCUT2D eigenvalue weighted by Crippen LogP contribution is 2.14. The van der Waals surface area contributed by atoms with E-state index in [-0.39, 0.29) is 6.10 Å². The quantitative estimate of drug-likeness (QED) is 0.848. The second-order valence-electron chi connectivity index (χ2n) is 4.94. The molecule has 0 fully saturated rings. The Labute approximate surface area is 125 Å². The summed E-state index contributed by atoms with van der Waals surface area (Å²) in [6, 6.07) is 9.86. The Morgan fingerprint density at radius 3 is 2.81 bits per heavy atom. The van der Waals surface area contributed by atoms with Gasteiger partial charge in [0.2, 0.25) is 5.88 Å². The van der Waals surface area contributed by atoms with Crippen molar-refractivity contribution >= 4 is 5.82 Å². The summed E-state index contributed by atoms with van der Waals surface area (Å²) in [7, 11) is 1.68. The molecule has 2 aromatic rings. The van der Waals surface area contributed by atoms with Crippen molar-refractivity contribution in [3.05, 3.63) is 42.2 Å². The number of nitrogens with one attached hydrogen (secondary N) is 1. The van der Waals surface area contributed by atoms with Crippen molar-refractivity contribution < 1.29 is 9.47 Å². The molecule has 0 spiro atoms. The molecule has 0 aliphatic rings. The Morgan fingerprint density at radius 2 is 2.05 bits per heavy atom. The van der Waals surface area contributed by atoms with Crippen LogP contribution < -0.4 is 14.8 Å². The molecule has 1 N–H and O–H groups in total. The summed E-state index contributed by atoms with van der Waals surface area (Å²) in [5, 5.41) is 3.27. The van der Waals surface area contributed by atoms with Gasteiger partial charge in [0.05, 0.1) is 13.2 Å². The summed E-state index contributed by atoms with van der Waals surface area (Å²) >= 11 is 0. The van der Waals surface area contributed by atoms with Crippen LogP contribution in [0.15, 0.2) is 36.7 Å². The maximum atomic E-state index is 5.54. The van der Waals surface area contributed by atoms with Crippen molar-refractivity contribution in [2.45, 2.75) is 26.4 Å². The van der Waals surface area contributed by atoms with Crippen LogP contribution in [0.4, 0.5) is 5.82 Å². The van der Waals surface area contributed by atoms with Gasteiger partial charge in [-0.2, -0.15) is 0 Å². The SMILES string of the molecule is COc1cccc(CCNc2cc(OC(C)C)ncn2)c1. The topological polar surface area (TPSA) is 56.3 Å². The lowest BCUT2D eigenvalue weighted by molar-refractivity contribution is 0.232. The minimum Gasteiger partial charge on any atom is -0.497 e. The van der Waals surface area contributed by atoms with Gasteiger partial charge in [-0.05, 0) is 38.0 Å². The molecule has 21 heavy (non-hydrogen) atoms. The summed E-state index contributed by atoms with van der Waals surface area (Å²) in [6.45, 7) is 4.72. The van der Waals surface area contributed by atoms with Crippen molar-refractivity contribution in [3.63, 3.8) is 0 Å². The van der Waals surface area contributed by atoms with Crippen molar-refractivity contribution in [2.24, 2.45) is 0 Å². The lowest BCUT2D eigenvalue weighted by atomic mass is 10.1. The molecule has 0 aliphatic carbocycles. The molecule has 0 unspecified atom stereocenters. The first-order valence-electron chi connectivity index (χ1n) is 7.03. The highest BCUT2D eigenvalue weighted by atomic mass is 16.5. The normalized spacial score (nSPS) is 10.5. The molecule has 0 aliphatic heterocycles. The predicted molar refractivity (Wildman–Crippen MR) is 83.0 cm³/mol. The van der Waals surface area contributed by atoms with Crippen LogP contribution in [0, 0.1) is 0 Å². The third-order valence-corrected chi connectivity index (χ3v) is 2.85. The second-order valence-corrected chi connectivity index (χ2v) is 4.94. The number of anilines is 1. The summed E-state index contributed by atoms with van der Waals surface area (Å²) < 4.78 is 10.8. The fourth-order valence-electron chi connectivity index (χ4n) is 1.90. The van der Waals surface area contributed by atoms with Gasteiger partial charge in [0.15, 0.2) is 0 Å². The van der Waals surface area contributed by atoms with Crippen molar-refractivity contribution in [1.82, 2.24) is 9.97 Å². The zero-order valence-electron chi connectivity index (χ0n) is 12.7. The Hall–Kier alpha value is -2.30. The molecule has 112 valence electrons. The van der Waals surface area contributed by atoms with Gasteiger partial charge in [-0.25, -0.2) is 9.97 Å². The monoisotopic (exact) mass is 287 g/mol. The molecule has 0 amide bonds. The minimum absolute atomic E-state index is 0.101. The molecule has 0 saturated carbocycles. The number of methoxy groups -OCH3 is 1. The first-order chi connectivity index (χ1) is 10.2. The molecule has 0 atom stereocenters. The third-order valence-electron chi connectivity index (χ3n) is 2.85. The van der Waals surface area contributed by atoms with Crippen molar-refractivity contribution in [2.75, 3.05) is 19.0 Å². The number of hydrogen-bond donors (Lipinski definition) is 1. The number of benzene rings is 1. The standard InChI is InChI=1S/C16H21N3O2/c1-12(2)21-16-10-15(18-11-19-16)17-8-7-13-5-4-6-14(9-13)20-3/h4-6,9-12H,7-8H2,1-3H3,(H,17,18,19). The Balaban J connectivity index is 1.88. The van der Waals surface area contributed by atoms with Crippen LogP contribution in [0.25, 0.3) is 0 Å². The van der Waals surface area contributed by atoms with E-state index >= 15 is 0 Å². The summed E-state index contributed by atoms with van der Waals surface area (Å²) in [6.07, 6.45) is 2.50. The maximum Gasteiger partial charge on any atom is 0.218 e. The first-order valence-corrected chi connectivity index (χ1v) is 7.03.